The third kappa shape index (κ3) is 4.35. The summed E-state index contributed by atoms with van der Waals surface area (Å²) in [6, 6.07) is 0.252. The Kier molecular flexibility index (Phi) is 6.61. The molecule has 0 radical (unpaired) electrons. The minimum atomic E-state index is 0. The fraction of sp³-hybridized carbons (Fsp3) is 0.933. The molecule has 2 aliphatic carbocycles. The number of nitrogens with one attached hydrogen (secondary N) is 1. The van der Waals surface area contributed by atoms with Gasteiger partial charge in [-0.25, -0.2) is 0 Å². The molecule has 2 aliphatic rings. The van der Waals surface area contributed by atoms with Gasteiger partial charge in [0.15, 0.2) is 0 Å². The third-order valence-electron chi connectivity index (χ3n) is 5.24. The standard InChI is InChI=1S/C15H28N2O.ClH/c1-2-15(8-3-4-9-15)11-17-14(18)10-12-6-5-7-13(12)16;/h12-13H,2-11,16H2,1H3,(H,17,18);1H/t12-,13+;/m0./s1. The second-order valence-corrected chi connectivity index (χ2v) is 6.40. The van der Waals surface area contributed by atoms with Crippen LogP contribution < -0.4 is 11.1 Å². The summed E-state index contributed by atoms with van der Waals surface area (Å²) < 4.78 is 0. The van der Waals surface area contributed by atoms with Gasteiger partial charge in [-0.2, -0.15) is 0 Å². The number of rotatable bonds is 5. The second kappa shape index (κ2) is 7.49. The Morgan fingerprint density at radius 3 is 2.47 bits per heavy atom. The van der Waals surface area contributed by atoms with E-state index in [2.05, 4.69) is 12.2 Å². The van der Waals surface area contributed by atoms with Crippen LogP contribution in [0.1, 0.15) is 64.7 Å². The molecule has 2 rings (SSSR count). The Morgan fingerprint density at radius 2 is 1.95 bits per heavy atom. The van der Waals surface area contributed by atoms with Crippen LogP contribution in [0.5, 0.6) is 0 Å². The fourth-order valence-electron chi connectivity index (χ4n) is 3.70. The van der Waals surface area contributed by atoms with Gasteiger partial charge in [0.25, 0.3) is 0 Å². The summed E-state index contributed by atoms with van der Waals surface area (Å²) in [7, 11) is 0. The van der Waals surface area contributed by atoms with Gasteiger partial charge in [0.2, 0.25) is 5.91 Å². The molecule has 0 heterocycles. The summed E-state index contributed by atoms with van der Waals surface area (Å²) in [5.74, 6) is 0.642. The molecule has 0 bridgehead atoms. The molecule has 3 nitrogen and oxygen atoms in total. The van der Waals surface area contributed by atoms with Crippen LogP contribution in [-0.4, -0.2) is 18.5 Å². The summed E-state index contributed by atoms with van der Waals surface area (Å²) >= 11 is 0. The topological polar surface area (TPSA) is 55.1 Å². The maximum atomic E-state index is 12.0. The zero-order chi connectivity index (χ0) is 13.0. The van der Waals surface area contributed by atoms with Gasteiger partial charge in [-0.3, -0.25) is 4.79 Å². The minimum absolute atomic E-state index is 0. The fourth-order valence-corrected chi connectivity index (χ4v) is 3.70. The van der Waals surface area contributed by atoms with Crippen LogP contribution in [0.3, 0.4) is 0 Å². The first-order chi connectivity index (χ1) is 8.65. The lowest BCUT2D eigenvalue weighted by Crippen LogP contribution is -2.37. The van der Waals surface area contributed by atoms with Crippen molar-refractivity contribution in [3.05, 3.63) is 0 Å². The number of halogens is 1. The molecular formula is C15H29ClN2O. The molecule has 1 amide bonds. The van der Waals surface area contributed by atoms with Gasteiger partial charge in [-0.05, 0) is 43.4 Å². The van der Waals surface area contributed by atoms with Crippen molar-refractivity contribution in [2.75, 3.05) is 6.54 Å². The highest BCUT2D eigenvalue weighted by atomic mass is 35.5. The Hall–Kier alpha value is -0.280. The molecular weight excluding hydrogens is 260 g/mol. The van der Waals surface area contributed by atoms with Gasteiger partial charge >= 0.3 is 0 Å². The van der Waals surface area contributed by atoms with Crippen molar-refractivity contribution in [3.8, 4) is 0 Å². The third-order valence-corrected chi connectivity index (χ3v) is 5.24. The monoisotopic (exact) mass is 288 g/mol. The predicted molar refractivity (Wildman–Crippen MR) is 81.4 cm³/mol. The van der Waals surface area contributed by atoms with E-state index in [-0.39, 0.29) is 24.4 Å². The number of nitrogens with two attached hydrogens (primary N) is 1. The number of hydrogen-bond acceptors (Lipinski definition) is 2. The van der Waals surface area contributed by atoms with Crippen LogP contribution in [0.2, 0.25) is 0 Å². The first-order valence-electron chi connectivity index (χ1n) is 7.67. The zero-order valence-corrected chi connectivity index (χ0v) is 12.9. The van der Waals surface area contributed by atoms with E-state index in [1.165, 1.54) is 38.5 Å². The van der Waals surface area contributed by atoms with Crippen LogP contribution in [-0.2, 0) is 4.79 Å². The quantitative estimate of drug-likeness (QED) is 0.817. The van der Waals surface area contributed by atoms with Crippen molar-refractivity contribution in [3.63, 3.8) is 0 Å². The predicted octanol–water partition coefficient (Wildman–Crippen LogP) is 3.01. The SMILES string of the molecule is CCC1(CNC(=O)C[C@@H]2CCC[C@H]2N)CCCC1.Cl. The molecule has 0 unspecified atom stereocenters. The van der Waals surface area contributed by atoms with Crippen molar-refractivity contribution in [1.82, 2.24) is 5.32 Å². The van der Waals surface area contributed by atoms with E-state index in [4.69, 9.17) is 5.73 Å². The number of carbonyl (C=O) groups excluding carboxylic acids is 1. The molecule has 0 aromatic carbocycles. The van der Waals surface area contributed by atoms with Crippen molar-refractivity contribution in [1.29, 1.82) is 0 Å². The van der Waals surface area contributed by atoms with E-state index >= 15 is 0 Å². The van der Waals surface area contributed by atoms with Crippen LogP contribution in [0.4, 0.5) is 0 Å². The molecule has 112 valence electrons. The summed E-state index contributed by atoms with van der Waals surface area (Å²) in [6.07, 6.45) is 10.5. The highest BCUT2D eigenvalue weighted by molar-refractivity contribution is 5.85. The van der Waals surface area contributed by atoms with Gasteiger partial charge in [0, 0.05) is 19.0 Å². The largest absolute Gasteiger partial charge is 0.356 e. The van der Waals surface area contributed by atoms with Crippen LogP contribution in [0.15, 0.2) is 0 Å². The lowest BCUT2D eigenvalue weighted by Gasteiger charge is -2.28. The molecule has 3 N–H and O–H groups in total. The van der Waals surface area contributed by atoms with E-state index in [9.17, 15) is 4.79 Å². The zero-order valence-electron chi connectivity index (χ0n) is 12.1. The average Bonchev–Trinajstić information content (AvgIpc) is 2.98. The van der Waals surface area contributed by atoms with Crippen molar-refractivity contribution >= 4 is 18.3 Å². The summed E-state index contributed by atoms with van der Waals surface area (Å²) in [5.41, 5.74) is 6.41. The number of carbonyl (C=O) groups is 1. The molecule has 0 aliphatic heterocycles. The molecule has 0 spiro atoms. The Balaban J connectivity index is 0.00000180. The number of amides is 1. The van der Waals surface area contributed by atoms with Gasteiger partial charge in [-0.1, -0.05) is 26.2 Å². The Bertz CT molecular complexity index is 290. The minimum Gasteiger partial charge on any atom is -0.356 e. The van der Waals surface area contributed by atoms with Gasteiger partial charge in [0.1, 0.15) is 0 Å². The van der Waals surface area contributed by atoms with Crippen LogP contribution in [0, 0.1) is 11.3 Å². The number of hydrogen-bond donors (Lipinski definition) is 2. The van der Waals surface area contributed by atoms with Crippen molar-refractivity contribution in [2.45, 2.75) is 70.8 Å². The van der Waals surface area contributed by atoms with Crippen LogP contribution >= 0.6 is 12.4 Å². The van der Waals surface area contributed by atoms with Gasteiger partial charge in [0.05, 0.1) is 0 Å². The summed E-state index contributed by atoms with van der Waals surface area (Å²) in [5, 5.41) is 3.17. The van der Waals surface area contributed by atoms with E-state index in [0.29, 0.717) is 17.8 Å². The molecule has 2 fully saturated rings. The highest BCUT2D eigenvalue weighted by Crippen LogP contribution is 2.40. The normalized spacial score (nSPS) is 28.9. The van der Waals surface area contributed by atoms with Crippen molar-refractivity contribution in [2.24, 2.45) is 17.1 Å². The van der Waals surface area contributed by atoms with Gasteiger partial charge < -0.3 is 11.1 Å². The van der Waals surface area contributed by atoms with E-state index in [1.54, 1.807) is 0 Å². The molecule has 19 heavy (non-hydrogen) atoms. The maximum Gasteiger partial charge on any atom is 0.220 e. The highest BCUT2D eigenvalue weighted by Gasteiger charge is 2.33. The molecule has 4 heteroatoms. The molecule has 0 saturated heterocycles. The van der Waals surface area contributed by atoms with Gasteiger partial charge in [-0.15, -0.1) is 12.4 Å². The van der Waals surface area contributed by atoms with Crippen LogP contribution in [0.25, 0.3) is 0 Å². The van der Waals surface area contributed by atoms with E-state index in [1.807, 2.05) is 0 Å². The lowest BCUT2D eigenvalue weighted by atomic mass is 9.83. The van der Waals surface area contributed by atoms with E-state index < -0.39 is 0 Å². The first-order valence-corrected chi connectivity index (χ1v) is 7.67. The Labute approximate surface area is 123 Å². The molecule has 0 aromatic rings. The maximum absolute atomic E-state index is 12.0. The Morgan fingerprint density at radius 1 is 1.26 bits per heavy atom. The smallest absolute Gasteiger partial charge is 0.220 e. The average molecular weight is 289 g/mol. The summed E-state index contributed by atoms with van der Waals surface area (Å²) in [6.45, 7) is 3.13. The molecule has 0 aromatic heterocycles. The lowest BCUT2D eigenvalue weighted by molar-refractivity contribution is -0.122. The van der Waals surface area contributed by atoms with Crippen molar-refractivity contribution < 1.29 is 4.79 Å². The molecule has 2 atom stereocenters. The summed E-state index contributed by atoms with van der Waals surface area (Å²) in [4.78, 5) is 12.0. The second-order valence-electron chi connectivity index (χ2n) is 6.40. The molecule has 2 saturated carbocycles. The first kappa shape index (κ1) is 16.8. The van der Waals surface area contributed by atoms with E-state index in [0.717, 1.165) is 19.4 Å².